The maximum absolute atomic E-state index is 11.9. The molecular formula is C13H17BN2O5. The molecule has 3 N–H and O–H groups in total. The molecule has 1 aliphatic rings. The fourth-order valence-electron chi connectivity index (χ4n) is 2.30. The predicted molar refractivity (Wildman–Crippen MR) is 74.2 cm³/mol. The maximum atomic E-state index is 11.9. The average Bonchev–Trinajstić information content (AvgIpc) is 2.42. The number of rotatable bonds is 5. The molecule has 0 aliphatic carbocycles. The molecule has 1 fully saturated rings. The molecule has 2 atom stereocenters. The number of amides is 1. The van der Waals surface area contributed by atoms with Gasteiger partial charge in [0.15, 0.2) is 0 Å². The lowest BCUT2D eigenvalue weighted by Crippen LogP contribution is -2.53. The van der Waals surface area contributed by atoms with E-state index >= 15 is 0 Å². The number of hydrogen-bond acceptors (Lipinski definition) is 5. The molecule has 0 radical (unpaired) electrons. The van der Waals surface area contributed by atoms with Gasteiger partial charge in [-0.2, -0.15) is 0 Å². The molecule has 1 saturated heterocycles. The highest BCUT2D eigenvalue weighted by atomic mass is 16.5. The molecule has 112 valence electrons. The minimum Gasteiger partial charge on any atom is -0.481 e. The maximum Gasteiger partial charge on any atom is 0.478 e. The Balaban J connectivity index is 1.81. The molecule has 2 heterocycles. The predicted octanol–water partition coefficient (Wildman–Crippen LogP) is -0.218. The van der Waals surface area contributed by atoms with Gasteiger partial charge in [-0.15, -0.1) is 0 Å². The SMILES string of the molecule is O=C(O)C[C@@H]1CCC(NC(=O)Cc2ccncc2)B(O)O1. The van der Waals surface area contributed by atoms with Gasteiger partial charge in [0.2, 0.25) is 5.91 Å². The third kappa shape index (κ3) is 4.84. The highest BCUT2D eigenvalue weighted by molar-refractivity contribution is 6.45. The topological polar surface area (TPSA) is 109 Å². The molecule has 0 aromatic carbocycles. The summed E-state index contributed by atoms with van der Waals surface area (Å²) in [5.74, 6) is -1.69. The van der Waals surface area contributed by atoms with Crippen molar-refractivity contribution in [3.63, 3.8) is 0 Å². The van der Waals surface area contributed by atoms with Crippen LogP contribution in [0.25, 0.3) is 0 Å². The van der Waals surface area contributed by atoms with Gasteiger partial charge in [-0.1, -0.05) is 0 Å². The molecule has 8 heteroatoms. The van der Waals surface area contributed by atoms with Crippen LogP contribution >= 0.6 is 0 Å². The molecule has 1 unspecified atom stereocenters. The summed E-state index contributed by atoms with van der Waals surface area (Å²) in [6.45, 7) is 0. The molecule has 0 spiro atoms. The smallest absolute Gasteiger partial charge is 0.478 e. The Bertz CT molecular complexity index is 499. The molecular weight excluding hydrogens is 275 g/mol. The first-order chi connectivity index (χ1) is 10.0. The van der Waals surface area contributed by atoms with Crippen LogP contribution in [0, 0.1) is 0 Å². The number of aliphatic carboxylic acids is 1. The van der Waals surface area contributed by atoms with Crippen LogP contribution in [-0.4, -0.2) is 46.2 Å². The molecule has 0 saturated carbocycles. The normalized spacial score (nSPS) is 21.9. The fourth-order valence-corrected chi connectivity index (χ4v) is 2.30. The van der Waals surface area contributed by atoms with Crippen LogP contribution in [0.1, 0.15) is 24.8 Å². The third-order valence-electron chi connectivity index (χ3n) is 3.34. The fraction of sp³-hybridized carbons (Fsp3) is 0.462. The summed E-state index contributed by atoms with van der Waals surface area (Å²) >= 11 is 0. The van der Waals surface area contributed by atoms with Gasteiger partial charge in [0, 0.05) is 12.4 Å². The first kappa shape index (κ1) is 15.5. The second kappa shape index (κ2) is 7.19. The number of carbonyl (C=O) groups is 2. The summed E-state index contributed by atoms with van der Waals surface area (Å²) in [5, 5.41) is 21.2. The van der Waals surface area contributed by atoms with Crippen LogP contribution in [0.2, 0.25) is 0 Å². The van der Waals surface area contributed by atoms with Crippen molar-refractivity contribution in [2.45, 2.75) is 37.7 Å². The molecule has 1 aliphatic heterocycles. The van der Waals surface area contributed by atoms with Crippen LogP contribution in [-0.2, 0) is 20.7 Å². The summed E-state index contributed by atoms with van der Waals surface area (Å²) in [5.41, 5.74) is 0.831. The van der Waals surface area contributed by atoms with Gasteiger partial charge in [0.25, 0.3) is 0 Å². The Morgan fingerprint density at radius 1 is 1.38 bits per heavy atom. The Morgan fingerprint density at radius 2 is 2.10 bits per heavy atom. The Labute approximate surface area is 122 Å². The van der Waals surface area contributed by atoms with Gasteiger partial charge in [-0.05, 0) is 30.5 Å². The van der Waals surface area contributed by atoms with Gasteiger partial charge < -0.3 is 20.1 Å². The van der Waals surface area contributed by atoms with Crippen molar-refractivity contribution in [3.8, 4) is 0 Å². The number of pyridine rings is 1. The monoisotopic (exact) mass is 292 g/mol. The largest absolute Gasteiger partial charge is 0.481 e. The van der Waals surface area contributed by atoms with Crippen molar-refractivity contribution >= 4 is 19.0 Å². The average molecular weight is 292 g/mol. The summed E-state index contributed by atoms with van der Waals surface area (Å²) in [7, 11) is -1.18. The molecule has 1 aromatic rings. The van der Waals surface area contributed by atoms with Crippen molar-refractivity contribution in [2.75, 3.05) is 0 Å². The van der Waals surface area contributed by atoms with Crippen LogP contribution < -0.4 is 5.32 Å². The van der Waals surface area contributed by atoms with E-state index in [9.17, 15) is 14.6 Å². The Kier molecular flexibility index (Phi) is 5.29. The molecule has 1 amide bonds. The molecule has 21 heavy (non-hydrogen) atoms. The summed E-state index contributed by atoms with van der Waals surface area (Å²) in [4.78, 5) is 26.4. The van der Waals surface area contributed by atoms with Gasteiger partial charge in [0.05, 0.1) is 24.9 Å². The zero-order chi connectivity index (χ0) is 15.2. The van der Waals surface area contributed by atoms with E-state index in [1.54, 1.807) is 24.5 Å². The highest BCUT2D eigenvalue weighted by Gasteiger charge is 2.36. The molecule has 2 rings (SSSR count). The summed E-state index contributed by atoms with van der Waals surface area (Å²) < 4.78 is 5.21. The van der Waals surface area contributed by atoms with E-state index in [2.05, 4.69) is 10.3 Å². The number of aromatic nitrogens is 1. The van der Waals surface area contributed by atoms with Gasteiger partial charge in [-0.3, -0.25) is 14.6 Å². The van der Waals surface area contributed by atoms with Gasteiger partial charge in [0.1, 0.15) is 0 Å². The highest BCUT2D eigenvalue weighted by Crippen LogP contribution is 2.18. The lowest BCUT2D eigenvalue weighted by atomic mass is 9.72. The van der Waals surface area contributed by atoms with E-state index in [0.717, 1.165) is 5.56 Å². The standard InChI is InChI=1S/C13H17BN2O5/c17-12(7-9-3-5-15-6-4-9)16-11-2-1-10(8-13(18)19)21-14(11)20/h3-6,10-11,20H,1-2,7-8H2,(H,16,17)(H,18,19)/t10-,11?/m0/s1. The van der Waals surface area contributed by atoms with Crippen LogP contribution in [0.5, 0.6) is 0 Å². The number of nitrogens with one attached hydrogen (secondary N) is 1. The number of hydrogen-bond donors (Lipinski definition) is 3. The van der Waals surface area contributed by atoms with Gasteiger partial charge in [-0.25, -0.2) is 0 Å². The quantitative estimate of drug-likeness (QED) is 0.647. The van der Waals surface area contributed by atoms with Crippen molar-refractivity contribution in [1.29, 1.82) is 0 Å². The molecule has 0 bridgehead atoms. The zero-order valence-electron chi connectivity index (χ0n) is 11.4. The second-order valence-electron chi connectivity index (χ2n) is 5.03. The van der Waals surface area contributed by atoms with Crippen LogP contribution in [0.3, 0.4) is 0 Å². The van der Waals surface area contributed by atoms with Gasteiger partial charge >= 0.3 is 13.1 Å². The zero-order valence-corrected chi connectivity index (χ0v) is 11.4. The Morgan fingerprint density at radius 3 is 2.71 bits per heavy atom. The first-order valence-electron chi connectivity index (χ1n) is 6.78. The lowest BCUT2D eigenvalue weighted by Gasteiger charge is -2.30. The van der Waals surface area contributed by atoms with E-state index in [4.69, 9.17) is 9.76 Å². The number of carboxylic acid groups (broad SMARTS) is 1. The molecule has 7 nitrogen and oxygen atoms in total. The van der Waals surface area contributed by atoms with E-state index in [1.807, 2.05) is 0 Å². The second-order valence-corrected chi connectivity index (χ2v) is 5.03. The lowest BCUT2D eigenvalue weighted by molar-refractivity contribution is -0.139. The Hall–Kier alpha value is -1.93. The van der Waals surface area contributed by atoms with Crippen LogP contribution in [0.4, 0.5) is 0 Å². The minimum atomic E-state index is -1.18. The van der Waals surface area contributed by atoms with Crippen molar-refractivity contribution in [2.24, 2.45) is 0 Å². The van der Waals surface area contributed by atoms with E-state index in [-0.39, 0.29) is 18.7 Å². The van der Waals surface area contributed by atoms with Crippen LogP contribution in [0.15, 0.2) is 24.5 Å². The first-order valence-corrected chi connectivity index (χ1v) is 6.78. The van der Waals surface area contributed by atoms with E-state index in [1.165, 1.54) is 0 Å². The number of carbonyl (C=O) groups excluding carboxylic acids is 1. The molecule has 1 aromatic heterocycles. The third-order valence-corrected chi connectivity index (χ3v) is 3.34. The van der Waals surface area contributed by atoms with Crippen molar-refractivity contribution in [3.05, 3.63) is 30.1 Å². The van der Waals surface area contributed by atoms with Crippen molar-refractivity contribution < 1.29 is 24.4 Å². The van der Waals surface area contributed by atoms with E-state index < -0.39 is 25.1 Å². The summed E-state index contributed by atoms with van der Waals surface area (Å²) in [6, 6.07) is 3.49. The number of carboxylic acids is 1. The summed E-state index contributed by atoms with van der Waals surface area (Å²) in [6.07, 6.45) is 3.74. The van der Waals surface area contributed by atoms with E-state index in [0.29, 0.717) is 12.8 Å². The minimum absolute atomic E-state index is 0.144. The van der Waals surface area contributed by atoms with Crippen molar-refractivity contribution in [1.82, 2.24) is 10.3 Å². The number of nitrogens with zero attached hydrogens (tertiary/aromatic N) is 1.